The van der Waals surface area contributed by atoms with Crippen molar-refractivity contribution in [1.82, 2.24) is 4.31 Å². The van der Waals surface area contributed by atoms with Crippen LogP contribution in [0.1, 0.15) is 17.5 Å². The Morgan fingerprint density at radius 2 is 1.81 bits per heavy atom. The summed E-state index contributed by atoms with van der Waals surface area (Å²) in [6.45, 7) is 2.15. The van der Waals surface area contributed by atoms with E-state index in [2.05, 4.69) is 0 Å². The second-order valence-electron chi connectivity index (χ2n) is 7.60. The molecule has 0 aromatic heterocycles. The molecule has 0 bridgehead atoms. The Balaban J connectivity index is 1.81. The van der Waals surface area contributed by atoms with Crippen LogP contribution in [0.5, 0.6) is 0 Å². The van der Waals surface area contributed by atoms with Crippen molar-refractivity contribution in [3.8, 4) is 0 Å². The molecular weight excluding hydrogens is 434 g/mol. The van der Waals surface area contributed by atoms with Crippen molar-refractivity contribution in [2.45, 2.75) is 30.7 Å². The summed E-state index contributed by atoms with van der Waals surface area (Å²) in [5, 5.41) is 0. The van der Waals surface area contributed by atoms with E-state index in [0.717, 1.165) is 11.1 Å². The molecule has 0 aliphatic carbocycles. The normalized spacial score (nSPS) is 18.3. The van der Waals surface area contributed by atoms with Crippen LogP contribution in [-0.4, -0.2) is 55.7 Å². The van der Waals surface area contributed by atoms with Gasteiger partial charge in [-0.25, -0.2) is 8.42 Å². The minimum absolute atomic E-state index is 0.0628. The molecule has 0 radical (unpaired) electrons. The van der Waals surface area contributed by atoms with E-state index in [9.17, 15) is 18.0 Å². The number of ketones is 1. The van der Waals surface area contributed by atoms with Crippen LogP contribution in [0.15, 0.2) is 59.5 Å². The molecule has 1 fully saturated rings. The largest absolute Gasteiger partial charge is 0.469 e. The summed E-state index contributed by atoms with van der Waals surface area (Å²) in [6.07, 6.45) is 0.302. The molecular formula is C23H27NO5S2. The van der Waals surface area contributed by atoms with Crippen molar-refractivity contribution < 1.29 is 22.7 Å². The molecule has 166 valence electrons. The number of methoxy groups -OCH3 is 1. The fourth-order valence-electron chi connectivity index (χ4n) is 3.66. The fraction of sp³-hybridized carbons (Fsp3) is 0.391. The first kappa shape index (κ1) is 23.5. The van der Waals surface area contributed by atoms with Crippen LogP contribution in [0, 0.1) is 12.8 Å². The lowest BCUT2D eigenvalue weighted by molar-refractivity contribution is -0.147. The summed E-state index contributed by atoms with van der Waals surface area (Å²) >= 11 is 1.55. The van der Waals surface area contributed by atoms with Crippen molar-refractivity contribution in [3.05, 3.63) is 65.7 Å². The Labute approximate surface area is 188 Å². The maximum Gasteiger partial charge on any atom is 0.309 e. The van der Waals surface area contributed by atoms with Crippen LogP contribution < -0.4 is 0 Å². The predicted octanol–water partition coefficient (Wildman–Crippen LogP) is 3.09. The molecule has 1 aliphatic rings. The molecule has 31 heavy (non-hydrogen) atoms. The molecule has 0 amide bonds. The van der Waals surface area contributed by atoms with Crippen molar-refractivity contribution in [3.63, 3.8) is 0 Å². The quantitative estimate of drug-likeness (QED) is 0.562. The Hall–Kier alpha value is -2.16. The van der Waals surface area contributed by atoms with Gasteiger partial charge in [0.1, 0.15) is 0 Å². The smallest absolute Gasteiger partial charge is 0.309 e. The number of hydrogen-bond acceptors (Lipinski definition) is 6. The zero-order chi connectivity index (χ0) is 22.4. The number of thioether (sulfide) groups is 1. The molecule has 2 atom stereocenters. The lowest BCUT2D eigenvalue weighted by Crippen LogP contribution is -2.50. The van der Waals surface area contributed by atoms with Gasteiger partial charge in [-0.15, -0.1) is 0 Å². The van der Waals surface area contributed by atoms with Gasteiger partial charge in [0, 0.05) is 24.5 Å². The van der Waals surface area contributed by atoms with Gasteiger partial charge < -0.3 is 4.74 Å². The maximum atomic E-state index is 13.3. The number of aryl methyl sites for hydroxylation is 1. The second kappa shape index (κ2) is 10.4. The number of esters is 1. The third kappa shape index (κ3) is 5.75. The minimum Gasteiger partial charge on any atom is -0.469 e. The van der Waals surface area contributed by atoms with Gasteiger partial charge in [-0.1, -0.05) is 48.0 Å². The summed E-state index contributed by atoms with van der Waals surface area (Å²) in [4.78, 5) is 25.8. The topological polar surface area (TPSA) is 80.8 Å². The number of Topliss-reactive ketones (excluding diaryl/α,β-unsaturated/α-hetero) is 1. The van der Waals surface area contributed by atoms with Gasteiger partial charge in [0.2, 0.25) is 10.0 Å². The van der Waals surface area contributed by atoms with E-state index in [1.165, 1.54) is 11.4 Å². The highest BCUT2D eigenvalue weighted by Crippen LogP contribution is 2.27. The molecule has 2 aromatic rings. The molecule has 1 saturated heterocycles. The number of sulfonamides is 1. The van der Waals surface area contributed by atoms with E-state index in [-0.39, 0.29) is 23.6 Å². The highest BCUT2D eigenvalue weighted by atomic mass is 32.2. The van der Waals surface area contributed by atoms with Crippen LogP contribution in [0.2, 0.25) is 0 Å². The fourth-order valence-corrected chi connectivity index (χ4v) is 6.56. The summed E-state index contributed by atoms with van der Waals surface area (Å²) in [7, 11) is -2.51. The molecule has 1 aliphatic heterocycles. The Morgan fingerprint density at radius 3 is 2.45 bits per heavy atom. The van der Waals surface area contributed by atoms with Gasteiger partial charge >= 0.3 is 5.97 Å². The van der Waals surface area contributed by atoms with Gasteiger partial charge in [0.15, 0.2) is 5.78 Å². The molecule has 6 nitrogen and oxygen atoms in total. The number of rotatable bonds is 8. The first-order valence-corrected chi connectivity index (χ1v) is 12.7. The van der Waals surface area contributed by atoms with Crippen molar-refractivity contribution in [2.24, 2.45) is 5.92 Å². The van der Waals surface area contributed by atoms with E-state index in [0.29, 0.717) is 17.9 Å². The lowest BCUT2D eigenvalue weighted by Gasteiger charge is -2.34. The summed E-state index contributed by atoms with van der Waals surface area (Å²) in [5.41, 5.74) is 1.88. The SMILES string of the molecule is COC(=O)[C@@H](CC(=O)[C@@H]1CSCCN1S(=O)(=O)c1ccc(C)cc1)Cc1ccccc1. The summed E-state index contributed by atoms with van der Waals surface area (Å²) in [5.74, 6) is -0.374. The van der Waals surface area contributed by atoms with Crippen LogP contribution in [-0.2, 0) is 30.8 Å². The maximum absolute atomic E-state index is 13.3. The number of benzene rings is 2. The Kier molecular flexibility index (Phi) is 7.91. The van der Waals surface area contributed by atoms with E-state index in [1.54, 1.807) is 36.0 Å². The highest BCUT2D eigenvalue weighted by Gasteiger charge is 2.39. The third-order valence-corrected chi connectivity index (χ3v) is 8.33. The second-order valence-corrected chi connectivity index (χ2v) is 10.6. The number of carbonyl (C=O) groups is 2. The van der Waals surface area contributed by atoms with E-state index >= 15 is 0 Å². The number of hydrogen-bond donors (Lipinski definition) is 0. The molecule has 0 saturated carbocycles. The first-order valence-electron chi connectivity index (χ1n) is 10.1. The Morgan fingerprint density at radius 1 is 1.13 bits per heavy atom. The standard InChI is InChI=1S/C23H27NO5S2/c1-17-8-10-20(11-9-17)31(27,28)24-12-13-30-16-21(24)22(25)15-19(23(26)29-2)14-18-6-4-3-5-7-18/h3-11,19,21H,12-16H2,1-2H3/t19-,21+/m1/s1. The average molecular weight is 462 g/mol. The molecule has 8 heteroatoms. The van der Waals surface area contributed by atoms with Gasteiger partial charge in [0.25, 0.3) is 0 Å². The zero-order valence-corrected chi connectivity index (χ0v) is 19.3. The molecule has 0 N–H and O–H groups in total. The number of ether oxygens (including phenoxy) is 1. The monoisotopic (exact) mass is 461 g/mol. The van der Waals surface area contributed by atoms with Crippen LogP contribution >= 0.6 is 11.8 Å². The van der Waals surface area contributed by atoms with Crippen LogP contribution in [0.4, 0.5) is 0 Å². The van der Waals surface area contributed by atoms with Crippen molar-refractivity contribution in [2.75, 3.05) is 25.2 Å². The van der Waals surface area contributed by atoms with Crippen LogP contribution in [0.25, 0.3) is 0 Å². The van der Waals surface area contributed by atoms with E-state index in [4.69, 9.17) is 4.74 Å². The van der Waals surface area contributed by atoms with Crippen molar-refractivity contribution >= 4 is 33.5 Å². The predicted molar refractivity (Wildman–Crippen MR) is 121 cm³/mol. The first-order chi connectivity index (χ1) is 14.8. The highest BCUT2D eigenvalue weighted by molar-refractivity contribution is 7.99. The van der Waals surface area contributed by atoms with Gasteiger partial charge in [-0.3, -0.25) is 9.59 Å². The summed E-state index contributed by atoms with van der Waals surface area (Å²) in [6, 6.07) is 15.3. The molecule has 0 unspecified atom stereocenters. The third-order valence-electron chi connectivity index (χ3n) is 5.39. The lowest BCUT2D eigenvalue weighted by atomic mass is 9.92. The minimum atomic E-state index is -3.81. The number of nitrogens with zero attached hydrogens (tertiary/aromatic N) is 1. The molecule has 3 rings (SSSR count). The molecule has 1 heterocycles. The average Bonchev–Trinajstić information content (AvgIpc) is 2.79. The van der Waals surface area contributed by atoms with Gasteiger partial charge in [-0.2, -0.15) is 16.1 Å². The Bertz CT molecular complexity index is 1010. The molecule has 2 aromatic carbocycles. The van der Waals surface area contributed by atoms with Crippen LogP contribution in [0.3, 0.4) is 0 Å². The van der Waals surface area contributed by atoms with Gasteiger partial charge in [0.05, 0.1) is 24.0 Å². The van der Waals surface area contributed by atoms with Crippen molar-refractivity contribution in [1.29, 1.82) is 0 Å². The van der Waals surface area contributed by atoms with E-state index in [1.807, 2.05) is 37.3 Å². The molecule has 0 spiro atoms. The van der Waals surface area contributed by atoms with Gasteiger partial charge in [-0.05, 0) is 31.0 Å². The zero-order valence-electron chi connectivity index (χ0n) is 17.7. The van der Waals surface area contributed by atoms with E-state index < -0.39 is 28.0 Å². The summed E-state index contributed by atoms with van der Waals surface area (Å²) < 4.78 is 32.7. The number of carbonyl (C=O) groups excluding carboxylic acids is 2.